The van der Waals surface area contributed by atoms with Gasteiger partial charge in [-0.05, 0) is 57.5 Å². The van der Waals surface area contributed by atoms with Crippen LogP contribution in [0.25, 0.3) is 10.6 Å². The molecule has 0 aliphatic heterocycles. The average molecular weight is 474 g/mol. The summed E-state index contributed by atoms with van der Waals surface area (Å²) in [5, 5.41) is 8.59. The zero-order chi connectivity index (χ0) is 22.9. The maximum Gasteiger partial charge on any atom is 0.251 e. The Labute approximate surface area is 195 Å². The number of hydrogen-bond donors (Lipinski definition) is 2. The summed E-state index contributed by atoms with van der Waals surface area (Å²) in [4.78, 5) is 31.4. The molecule has 0 fully saturated rings. The molecule has 2 heterocycles. The van der Waals surface area contributed by atoms with Gasteiger partial charge in [0, 0.05) is 22.4 Å². The molecule has 3 aromatic rings. The second-order valence-electron chi connectivity index (χ2n) is 6.83. The van der Waals surface area contributed by atoms with Gasteiger partial charge in [-0.25, -0.2) is 4.98 Å². The minimum atomic E-state index is -0.342. The normalized spacial score (nSPS) is 10.6. The highest BCUT2D eigenvalue weighted by molar-refractivity contribution is 7.16. The van der Waals surface area contributed by atoms with Crippen LogP contribution in [0.3, 0.4) is 0 Å². The van der Waals surface area contributed by atoms with E-state index in [4.69, 9.17) is 9.47 Å². The molecule has 0 radical (unpaired) electrons. The Balaban J connectivity index is 1.44. The Hall–Kier alpha value is -2.91. The highest BCUT2D eigenvalue weighted by Gasteiger charge is 2.13. The van der Waals surface area contributed by atoms with Crippen molar-refractivity contribution in [1.82, 2.24) is 15.6 Å². The first kappa shape index (κ1) is 23.7. The second kappa shape index (κ2) is 11.6. The average Bonchev–Trinajstić information content (AvgIpc) is 3.42. The van der Waals surface area contributed by atoms with Gasteiger partial charge in [0.25, 0.3) is 5.91 Å². The van der Waals surface area contributed by atoms with Crippen LogP contribution in [0.4, 0.5) is 0 Å². The predicted molar refractivity (Wildman–Crippen MR) is 128 cm³/mol. The Bertz CT molecular complexity index is 1060. The maximum atomic E-state index is 12.4. The van der Waals surface area contributed by atoms with Crippen molar-refractivity contribution in [3.63, 3.8) is 0 Å². The number of hydrogen-bond acceptors (Lipinski definition) is 7. The Morgan fingerprint density at radius 3 is 2.53 bits per heavy atom. The number of nitrogens with one attached hydrogen (secondary N) is 2. The predicted octanol–water partition coefficient (Wildman–Crippen LogP) is 4.07. The number of carbonyl (C=O) groups is 2. The lowest BCUT2D eigenvalue weighted by atomic mass is 10.2. The fourth-order valence-corrected chi connectivity index (χ4v) is 4.62. The summed E-state index contributed by atoms with van der Waals surface area (Å²) in [5.74, 6) is 0.520. The molecule has 7 nitrogen and oxygen atoms in total. The molecular weight excluding hydrogens is 446 g/mol. The van der Waals surface area contributed by atoms with Gasteiger partial charge in [-0.3, -0.25) is 9.59 Å². The molecule has 1 aromatic carbocycles. The van der Waals surface area contributed by atoms with Crippen LogP contribution in [-0.4, -0.2) is 43.1 Å². The molecule has 3 rings (SSSR count). The van der Waals surface area contributed by atoms with E-state index in [1.54, 1.807) is 40.9 Å². The van der Waals surface area contributed by atoms with Crippen molar-refractivity contribution in [2.45, 2.75) is 27.2 Å². The fourth-order valence-electron chi connectivity index (χ4n) is 2.97. The van der Waals surface area contributed by atoms with Gasteiger partial charge in [-0.15, -0.1) is 22.7 Å². The number of aromatic nitrogens is 1. The summed E-state index contributed by atoms with van der Waals surface area (Å²) >= 11 is 3.31. The Morgan fingerprint density at radius 2 is 1.81 bits per heavy atom. The number of nitrogens with zero attached hydrogens (tertiary/aromatic N) is 1. The lowest BCUT2D eigenvalue weighted by molar-refractivity contribution is -0.120. The lowest BCUT2D eigenvalue weighted by Gasteiger charge is -2.12. The number of aryl methyl sites for hydroxylation is 1. The molecular formula is C23H27N3O4S2. The first-order valence-electron chi connectivity index (χ1n) is 10.5. The van der Waals surface area contributed by atoms with Crippen molar-refractivity contribution < 1.29 is 19.1 Å². The summed E-state index contributed by atoms with van der Waals surface area (Å²) in [6, 6.07) is 9.10. The second-order valence-corrected chi connectivity index (χ2v) is 9.06. The van der Waals surface area contributed by atoms with E-state index in [1.807, 2.05) is 20.8 Å². The molecule has 170 valence electrons. The smallest absolute Gasteiger partial charge is 0.251 e. The number of amides is 2. The maximum absolute atomic E-state index is 12.4. The van der Waals surface area contributed by atoms with Crippen LogP contribution in [0, 0.1) is 6.92 Å². The van der Waals surface area contributed by atoms with E-state index in [2.05, 4.69) is 33.1 Å². The molecule has 2 amide bonds. The molecule has 0 spiro atoms. The molecule has 0 saturated carbocycles. The van der Waals surface area contributed by atoms with Gasteiger partial charge < -0.3 is 20.1 Å². The number of carbonyl (C=O) groups excluding carboxylic acids is 2. The van der Waals surface area contributed by atoms with E-state index in [0.29, 0.717) is 36.8 Å². The van der Waals surface area contributed by atoms with Crippen LogP contribution in [-0.2, 0) is 11.2 Å². The summed E-state index contributed by atoms with van der Waals surface area (Å²) in [6.45, 7) is 7.11. The number of ether oxygens (including phenoxy) is 2. The van der Waals surface area contributed by atoms with Crippen molar-refractivity contribution in [3.8, 4) is 22.1 Å². The van der Waals surface area contributed by atoms with E-state index >= 15 is 0 Å². The van der Waals surface area contributed by atoms with Crippen LogP contribution in [0.15, 0.2) is 35.7 Å². The van der Waals surface area contributed by atoms with E-state index in [0.717, 1.165) is 22.0 Å². The van der Waals surface area contributed by atoms with Gasteiger partial charge >= 0.3 is 0 Å². The topological polar surface area (TPSA) is 89.5 Å². The molecule has 0 bridgehead atoms. The molecule has 0 aliphatic carbocycles. The number of thiazole rings is 1. The summed E-state index contributed by atoms with van der Waals surface area (Å²) in [6.07, 6.45) is 0.726. The van der Waals surface area contributed by atoms with Gasteiger partial charge in [0.1, 0.15) is 0 Å². The van der Waals surface area contributed by atoms with Crippen LogP contribution in [0.1, 0.15) is 34.1 Å². The van der Waals surface area contributed by atoms with Crippen molar-refractivity contribution in [2.24, 2.45) is 0 Å². The molecule has 9 heteroatoms. The van der Waals surface area contributed by atoms with Crippen LogP contribution < -0.4 is 20.1 Å². The molecule has 2 aromatic heterocycles. The quantitative estimate of drug-likeness (QED) is 0.438. The van der Waals surface area contributed by atoms with Crippen LogP contribution in [0.5, 0.6) is 11.5 Å². The molecule has 0 saturated heterocycles. The monoisotopic (exact) mass is 473 g/mol. The first-order valence-corrected chi connectivity index (χ1v) is 12.2. The Morgan fingerprint density at radius 1 is 1.03 bits per heavy atom. The third-order valence-electron chi connectivity index (χ3n) is 4.44. The van der Waals surface area contributed by atoms with E-state index in [-0.39, 0.29) is 18.4 Å². The van der Waals surface area contributed by atoms with Crippen LogP contribution in [0.2, 0.25) is 0 Å². The minimum absolute atomic E-state index is 0.0934. The molecule has 2 N–H and O–H groups in total. The number of rotatable bonds is 11. The standard InChI is InChI=1S/C23H27N3O4S2/c1-4-29-19-8-6-16(12-20(19)30-5-2)23(28)25-13-22(27)24-11-10-17-7-9-21(32-17)18-14-31-15(3)26-18/h6-9,12,14H,4-5,10-11,13H2,1-3H3,(H,24,27)(H,25,28). The van der Waals surface area contributed by atoms with Gasteiger partial charge in [0.15, 0.2) is 11.5 Å². The van der Waals surface area contributed by atoms with E-state index < -0.39 is 0 Å². The number of thiophene rings is 1. The fraction of sp³-hybridized carbons (Fsp3) is 0.348. The van der Waals surface area contributed by atoms with Gasteiger partial charge in [0.2, 0.25) is 5.91 Å². The lowest BCUT2D eigenvalue weighted by Crippen LogP contribution is -2.37. The highest BCUT2D eigenvalue weighted by Crippen LogP contribution is 2.29. The minimum Gasteiger partial charge on any atom is -0.490 e. The first-order chi connectivity index (χ1) is 15.5. The third kappa shape index (κ3) is 6.54. The molecule has 0 atom stereocenters. The molecule has 32 heavy (non-hydrogen) atoms. The van der Waals surface area contributed by atoms with Gasteiger partial charge in [0.05, 0.1) is 35.3 Å². The summed E-state index contributed by atoms with van der Waals surface area (Å²) in [7, 11) is 0. The summed E-state index contributed by atoms with van der Waals surface area (Å²) < 4.78 is 11.1. The number of benzene rings is 1. The van der Waals surface area contributed by atoms with Crippen LogP contribution >= 0.6 is 22.7 Å². The van der Waals surface area contributed by atoms with Crippen molar-refractivity contribution >= 4 is 34.5 Å². The Kier molecular flexibility index (Phi) is 8.64. The largest absolute Gasteiger partial charge is 0.490 e. The van der Waals surface area contributed by atoms with Gasteiger partial charge in [-0.1, -0.05) is 0 Å². The molecule has 0 unspecified atom stereocenters. The zero-order valence-electron chi connectivity index (χ0n) is 18.4. The SMILES string of the molecule is CCOc1ccc(C(=O)NCC(=O)NCCc2ccc(-c3csc(C)n3)s2)cc1OCC. The third-order valence-corrected chi connectivity index (χ3v) is 6.38. The highest BCUT2D eigenvalue weighted by atomic mass is 32.1. The van der Waals surface area contributed by atoms with Crippen molar-refractivity contribution in [3.05, 3.63) is 51.2 Å². The van der Waals surface area contributed by atoms with E-state index in [9.17, 15) is 9.59 Å². The zero-order valence-corrected chi connectivity index (χ0v) is 20.0. The van der Waals surface area contributed by atoms with Crippen molar-refractivity contribution in [2.75, 3.05) is 26.3 Å². The van der Waals surface area contributed by atoms with E-state index in [1.165, 1.54) is 4.88 Å². The van der Waals surface area contributed by atoms with Gasteiger partial charge in [-0.2, -0.15) is 0 Å². The van der Waals surface area contributed by atoms with Crippen molar-refractivity contribution in [1.29, 1.82) is 0 Å². The molecule has 0 aliphatic rings. The summed E-state index contributed by atoms with van der Waals surface area (Å²) in [5.41, 5.74) is 1.41.